The summed E-state index contributed by atoms with van der Waals surface area (Å²) >= 11 is 4.84. The predicted octanol–water partition coefficient (Wildman–Crippen LogP) is 4.37. The first kappa shape index (κ1) is 16.3. The van der Waals surface area contributed by atoms with Crippen molar-refractivity contribution < 1.29 is 13.9 Å². The molecule has 2 aromatic rings. The van der Waals surface area contributed by atoms with Crippen LogP contribution in [-0.2, 0) is 0 Å². The molecule has 0 bridgehead atoms. The van der Waals surface area contributed by atoms with Crippen molar-refractivity contribution in [2.24, 2.45) is 0 Å². The Hall–Kier alpha value is -1.11. The lowest BCUT2D eigenvalue weighted by Crippen LogP contribution is -2.22. The monoisotopic (exact) mass is 373 g/mol. The van der Waals surface area contributed by atoms with Crippen LogP contribution in [0.5, 0.6) is 11.5 Å². The molecule has 1 atom stereocenters. The predicted molar refractivity (Wildman–Crippen MR) is 87.0 cm³/mol. The highest BCUT2D eigenvalue weighted by atomic mass is 79.9. The van der Waals surface area contributed by atoms with E-state index in [4.69, 9.17) is 9.47 Å². The van der Waals surface area contributed by atoms with Crippen molar-refractivity contribution in [1.29, 1.82) is 0 Å². The number of halogens is 2. The van der Waals surface area contributed by atoms with Gasteiger partial charge in [0, 0.05) is 11.6 Å². The summed E-state index contributed by atoms with van der Waals surface area (Å²) in [7, 11) is 3.19. The minimum atomic E-state index is -0.344. The highest BCUT2D eigenvalue weighted by Gasteiger charge is 2.23. The Morgan fingerprint density at radius 2 is 2.00 bits per heavy atom. The van der Waals surface area contributed by atoms with Crippen molar-refractivity contribution in [3.8, 4) is 11.5 Å². The van der Waals surface area contributed by atoms with Crippen LogP contribution in [0.2, 0.25) is 0 Å². The van der Waals surface area contributed by atoms with Gasteiger partial charge in [-0.05, 0) is 40.0 Å². The van der Waals surface area contributed by atoms with Crippen LogP contribution in [0.3, 0.4) is 0 Å². The lowest BCUT2D eigenvalue weighted by molar-refractivity contribution is 0.394. The van der Waals surface area contributed by atoms with E-state index in [9.17, 15) is 4.39 Å². The highest BCUT2D eigenvalue weighted by Crippen LogP contribution is 2.39. The number of rotatable bonds is 6. The van der Waals surface area contributed by atoms with Gasteiger partial charge in [0.25, 0.3) is 0 Å². The second-order valence-corrected chi connectivity index (χ2v) is 6.15. The Bertz CT molecular complexity index is 618. The van der Waals surface area contributed by atoms with E-state index in [2.05, 4.69) is 21.2 Å². The van der Waals surface area contributed by atoms with E-state index < -0.39 is 0 Å². The summed E-state index contributed by atoms with van der Waals surface area (Å²) in [6.07, 6.45) is 0. The Balaban J connectivity index is 2.55. The molecular weight excluding hydrogens is 357 g/mol. The summed E-state index contributed by atoms with van der Waals surface area (Å²) in [4.78, 5) is 1.04. The Morgan fingerprint density at radius 1 is 1.29 bits per heavy atom. The zero-order chi connectivity index (χ0) is 15.4. The Labute approximate surface area is 136 Å². The molecule has 1 unspecified atom stereocenters. The molecular formula is C15H17BrFNO2S. The third kappa shape index (κ3) is 3.39. The van der Waals surface area contributed by atoms with Crippen molar-refractivity contribution in [1.82, 2.24) is 5.32 Å². The van der Waals surface area contributed by atoms with Crippen molar-refractivity contribution in [2.75, 3.05) is 20.8 Å². The molecule has 0 saturated carbocycles. The zero-order valence-corrected chi connectivity index (χ0v) is 14.5. The maximum atomic E-state index is 13.7. The number of thiophene rings is 1. The molecule has 1 aromatic carbocycles. The summed E-state index contributed by atoms with van der Waals surface area (Å²) in [5.74, 6) is 0.981. The molecule has 0 spiro atoms. The van der Waals surface area contributed by atoms with Crippen molar-refractivity contribution >= 4 is 27.3 Å². The largest absolute Gasteiger partial charge is 0.496 e. The van der Waals surface area contributed by atoms with Crippen molar-refractivity contribution in [3.63, 3.8) is 0 Å². The van der Waals surface area contributed by atoms with Crippen LogP contribution in [-0.4, -0.2) is 20.8 Å². The van der Waals surface area contributed by atoms with Gasteiger partial charge in [-0.3, -0.25) is 0 Å². The first-order valence-corrected chi connectivity index (χ1v) is 8.17. The maximum Gasteiger partial charge on any atom is 0.141 e. The van der Waals surface area contributed by atoms with E-state index in [1.807, 2.05) is 18.4 Å². The van der Waals surface area contributed by atoms with Gasteiger partial charge in [-0.2, -0.15) is 0 Å². The van der Waals surface area contributed by atoms with E-state index in [1.54, 1.807) is 31.6 Å². The number of ether oxygens (including phenoxy) is 2. The first-order chi connectivity index (χ1) is 10.1. The topological polar surface area (TPSA) is 30.5 Å². The standard InChI is InChI=1S/C15H17BrFNO2S/c1-4-18-14(15-12(19-2)5-6-21-15)9-7-10(16)11(17)8-13(9)20-3/h5-8,14,18H,4H2,1-3H3. The fourth-order valence-corrected chi connectivity index (χ4v) is 3.50. The van der Waals surface area contributed by atoms with E-state index >= 15 is 0 Å². The molecule has 1 N–H and O–H groups in total. The van der Waals surface area contributed by atoms with Crippen molar-refractivity contribution in [2.45, 2.75) is 13.0 Å². The summed E-state index contributed by atoms with van der Waals surface area (Å²) in [6.45, 7) is 2.79. The molecule has 0 fully saturated rings. The molecule has 21 heavy (non-hydrogen) atoms. The maximum absolute atomic E-state index is 13.7. The van der Waals surface area contributed by atoms with Crippen LogP contribution in [0.4, 0.5) is 4.39 Å². The van der Waals surface area contributed by atoms with E-state index in [-0.39, 0.29) is 11.9 Å². The van der Waals surface area contributed by atoms with Gasteiger partial charge in [0.2, 0.25) is 0 Å². The molecule has 114 valence electrons. The summed E-state index contributed by atoms with van der Waals surface area (Å²) < 4.78 is 24.9. The molecule has 0 radical (unpaired) electrons. The number of benzene rings is 1. The molecule has 1 heterocycles. The van der Waals surface area contributed by atoms with Crippen LogP contribution >= 0.6 is 27.3 Å². The molecule has 2 rings (SSSR count). The third-order valence-electron chi connectivity index (χ3n) is 3.13. The quantitative estimate of drug-likeness (QED) is 0.815. The van der Waals surface area contributed by atoms with Crippen LogP contribution < -0.4 is 14.8 Å². The molecule has 0 amide bonds. The number of nitrogens with one attached hydrogen (secondary N) is 1. The number of methoxy groups -OCH3 is 2. The van der Waals surface area contributed by atoms with Crippen LogP contribution in [0.1, 0.15) is 23.4 Å². The number of hydrogen-bond donors (Lipinski definition) is 1. The number of hydrogen-bond acceptors (Lipinski definition) is 4. The molecule has 0 aliphatic carbocycles. The summed E-state index contributed by atoms with van der Waals surface area (Å²) in [5, 5.41) is 5.38. The normalized spacial score (nSPS) is 12.2. The SMILES string of the molecule is CCNC(c1cc(Br)c(F)cc1OC)c1sccc1OC. The summed E-state index contributed by atoms with van der Waals surface area (Å²) in [6, 6.07) is 4.96. The lowest BCUT2D eigenvalue weighted by atomic mass is 10.0. The van der Waals surface area contributed by atoms with Crippen molar-refractivity contribution in [3.05, 3.63) is 44.3 Å². The average Bonchev–Trinajstić information content (AvgIpc) is 2.95. The second kappa shape index (κ2) is 7.24. The molecule has 0 saturated heterocycles. The third-order valence-corrected chi connectivity index (χ3v) is 4.70. The highest BCUT2D eigenvalue weighted by molar-refractivity contribution is 9.10. The zero-order valence-electron chi connectivity index (χ0n) is 12.1. The van der Waals surface area contributed by atoms with Gasteiger partial charge < -0.3 is 14.8 Å². The van der Waals surface area contributed by atoms with Gasteiger partial charge in [0.15, 0.2) is 0 Å². The summed E-state index contributed by atoms with van der Waals surface area (Å²) in [5.41, 5.74) is 0.869. The van der Waals surface area contributed by atoms with E-state index in [1.165, 1.54) is 6.07 Å². The Kier molecular flexibility index (Phi) is 5.61. The van der Waals surface area contributed by atoms with Gasteiger partial charge in [0.1, 0.15) is 17.3 Å². The Morgan fingerprint density at radius 3 is 2.62 bits per heavy atom. The first-order valence-electron chi connectivity index (χ1n) is 6.50. The average molecular weight is 374 g/mol. The second-order valence-electron chi connectivity index (χ2n) is 4.35. The minimum absolute atomic E-state index is 0.114. The lowest BCUT2D eigenvalue weighted by Gasteiger charge is -2.21. The van der Waals surface area contributed by atoms with E-state index in [0.717, 1.165) is 22.7 Å². The van der Waals surface area contributed by atoms with Gasteiger partial charge in [0.05, 0.1) is 29.6 Å². The van der Waals surface area contributed by atoms with Crippen LogP contribution in [0.25, 0.3) is 0 Å². The fourth-order valence-electron chi connectivity index (χ4n) is 2.18. The van der Waals surface area contributed by atoms with Crippen LogP contribution in [0.15, 0.2) is 28.1 Å². The van der Waals surface area contributed by atoms with Gasteiger partial charge in [-0.15, -0.1) is 11.3 Å². The molecule has 1 aromatic heterocycles. The molecule has 0 aliphatic heterocycles. The molecule has 6 heteroatoms. The minimum Gasteiger partial charge on any atom is -0.496 e. The smallest absolute Gasteiger partial charge is 0.141 e. The fraction of sp³-hybridized carbons (Fsp3) is 0.333. The van der Waals surface area contributed by atoms with Gasteiger partial charge in [-0.25, -0.2) is 4.39 Å². The van der Waals surface area contributed by atoms with Crippen LogP contribution in [0, 0.1) is 5.82 Å². The molecule has 0 aliphatic rings. The van der Waals surface area contributed by atoms with Gasteiger partial charge in [-0.1, -0.05) is 6.92 Å². The van der Waals surface area contributed by atoms with E-state index in [0.29, 0.717) is 10.2 Å². The van der Waals surface area contributed by atoms with Gasteiger partial charge >= 0.3 is 0 Å². The molecule has 3 nitrogen and oxygen atoms in total.